The first-order chi connectivity index (χ1) is 8.74. The van der Waals surface area contributed by atoms with Gasteiger partial charge in [-0.1, -0.05) is 23.7 Å². The van der Waals surface area contributed by atoms with E-state index in [4.69, 9.17) is 11.6 Å². The fourth-order valence-electron chi connectivity index (χ4n) is 2.95. The zero-order valence-corrected chi connectivity index (χ0v) is 11.7. The van der Waals surface area contributed by atoms with Crippen LogP contribution < -0.4 is 5.32 Å². The topological polar surface area (TPSA) is 15.3 Å². The lowest BCUT2D eigenvalue weighted by Crippen LogP contribution is -2.52. The fourth-order valence-corrected chi connectivity index (χ4v) is 3.14. The molecule has 2 aliphatic rings. The van der Waals surface area contributed by atoms with Crippen LogP contribution >= 0.6 is 11.6 Å². The highest BCUT2D eigenvalue weighted by molar-refractivity contribution is 6.30. The first-order valence-corrected chi connectivity index (χ1v) is 7.35. The molecule has 2 atom stereocenters. The van der Waals surface area contributed by atoms with Gasteiger partial charge >= 0.3 is 0 Å². The Balaban J connectivity index is 1.69. The van der Waals surface area contributed by atoms with Crippen molar-refractivity contribution in [2.75, 3.05) is 19.6 Å². The SMILES string of the molecule is CC(c1cccc(Cl)c1)N1CCNC(C2CC2)C1. The molecule has 1 aliphatic heterocycles. The molecule has 0 spiro atoms. The van der Waals surface area contributed by atoms with E-state index >= 15 is 0 Å². The molecular weight excluding hydrogens is 244 g/mol. The Morgan fingerprint density at radius 3 is 2.94 bits per heavy atom. The molecular formula is C15H21ClN2. The van der Waals surface area contributed by atoms with E-state index in [9.17, 15) is 0 Å². The van der Waals surface area contributed by atoms with Gasteiger partial charge in [0.15, 0.2) is 0 Å². The summed E-state index contributed by atoms with van der Waals surface area (Å²) in [4.78, 5) is 2.59. The van der Waals surface area contributed by atoms with Gasteiger partial charge in [0.25, 0.3) is 0 Å². The zero-order chi connectivity index (χ0) is 12.5. The lowest BCUT2D eigenvalue weighted by molar-refractivity contribution is 0.144. The lowest BCUT2D eigenvalue weighted by Gasteiger charge is -2.38. The highest BCUT2D eigenvalue weighted by Crippen LogP contribution is 2.35. The summed E-state index contributed by atoms with van der Waals surface area (Å²) in [7, 11) is 0. The summed E-state index contributed by atoms with van der Waals surface area (Å²) in [6.07, 6.45) is 2.83. The van der Waals surface area contributed by atoms with Crippen LogP contribution in [0.4, 0.5) is 0 Å². The van der Waals surface area contributed by atoms with Crippen LogP contribution in [0, 0.1) is 5.92 Å². The van der Waals surface area contributed by atoms with Crippen molar-refractivity contribution in [2.24, 2.45) is 5.92 Å². The minimum atomic E-state index is 0.465. The maximum absolute atomic E-state index is 6.09. The number of rotatable bonds is 3. The number of nitrogens with zero attached hydrogens (tertiary/aromatic N) is 1. The first-order valence-electron chi connectivity index (χ1n) is 6.97. The molecule has 1 aromatic carbocycles. The molecule has 1 aliphatic carbocycles. The number of benzene rings is 1. The number of piperazine rings is 1. The average Bonchev–Trinajstić information content (AvgIpc) is 3.22. The largest absolute Gasteiger partial charge is 0.311 e. The molecule has 1 saturated heterocycles. The Morgan fingerprint density at radius 2 is 2.22 bits per heavy atom. The second-order valence-corrected chi connectivity index (χ2v) is 6.06. The Labute approximate surface area is 114 Å². The minimum Gasteiger partial charge on any atom is -0.311 e. The Bertz CT molecular complexity index is 417. The van der Waals surface area contributed by atoms with E-state index < -0.39 is 0 Å². The molecule has 2 unspecified atom stereocenters. The predicted octanol–water partition coefficient (Wildman–Crippen LogP) is 3.08. The van der Waals surface area contributed by atoms with Crippen molar-refractivity contribution in [1.82, 2.24) is 10.2 Å². The molecule has 0 amide bonds. The van der Waals surface area contributed by atoms with Gasteiger partial charge < -0.3 is 5.32 Å². The van der Waals surface area contributed by atoms with Crippen molar-refractivity contribution in [2.45, 2.75) is 31.8 Å². The fraction of sp³-hybridized carbons (Fsp3) is 0.600. The van der Waals surface area contributed by atoms with E-state index in [1.807, 2.05) is 6.07 Å². The molecule has 0 aromatic heterocycles. The monoisotopic (exact) mass is 264 g/mol. The maximum atomic E-state index is 6.09. The Hall–Kier alpha value is -0.570. The molecule has 3 rings (SSSR count). The van der Waals surface area contributed by atoms with Crippen LogP contribution in [-0.4, -0.2) is 30.6 Å². The van der Waals surface area contributed by atoms with Crippen LogP contribution in [0.3, 0.4) is 0 Å². The maximum Gasteiger partial charge on any atom is 0.0409 e. The summed E-state index contributed by atoms with van der Waals surface area (Å²) in [6.45, 7) is 5.72. The van der Waals surface area contributed by atoms with Crippen molar-refractivity contribution in [1.29, 1.82) is 0 Å². The van der Waals surface area contributed by atoms with Crippen LogP contribution in [0.2, 0.25) is 5.02 Å². The summed E-state index contributed by atoms with van der Waals surface area (Å²) in [5.41, 5.74) is 1.33. The molecule has 98 valence electrons. The van der Waals surface area contributed by atoms with Crippen LogP contribution in [0.25, 0.3) is 0 Å². The number of hydrogen-bond donors (Lipinski definition) is 1. The zero-order valence-electron chi connectivity index (χ0n) is 10.9. The number of hydrogen-bond acceptors (Lipinski definition) is 2. The second kappa shape index (κ2) is 5.20. The Kier molecular flexibility index (Phi) is 3.60. The van der Waals surface area contributed by atoms with Crippen molar-refractivity contribution in [3.8, 4) is 0 Å². The van der Waals surface area contributed by atoms with E-state index in [1.54, 1.807) is 0 Å². The average molecular weight is 265 g/mol. The Morgan fingerprint density at radius 1 is 1.39 bits per heavy atom. The third kappa shape index (κ3) is 2.71. The summed E-state index contributed by atoms with van der Waals surface area (Å²) in [5.74, 6) is 0.930. The lowest BCUT2D eigenvalue weighted by atomic mass is 10.0. The van der Waals surface area contributed by atoms with Gasteiger partial charge in [0, 0.05) is 36.7 Å². The van der Waals surface area contributed by atoms with Crippen LogP contribution in [-0.2, 0) is 0 Å². The van der Waals surface area contributed by atoms with E-state index in [-0.39, 0.29) is 0 Å². The highest BCUT2D eigenvalue weighted by Gasteiger charge is 2.35. The standard InChI is InChI=1S/C15H21ClN2/c1-11(13-3-2-4-14(16)9-13)18-8-7-17-15(10-18)12-5-6-12/h2-4,9,11-12,15,17H,5-8,10H2,1H3. The van der Waals surface area contributed by atoms with E-state index in [0.717, 1.165) is 24.0 Å². The molecule has 1 heterocycles. The predicted molar refractivity (Wildman–Crippen MR) is 76.0 cm³/mol. The molecule has 18 heavy (non-hydrogen) atoms. The quantitative estimate of drug-likeness (QED) is 0.903. The van der Waals surface area contributed by atoms with Gasteiger partial charge in [-0.2, -0.15) is 0 Å². The van der Waals surface area contributed by atoms with Gasteiger partial charge in [0.1, 0.15) is 0 Å². The summed E-state index contributed by atoms with van der Waals surface area (Å²) in [6, 6.07) is 9.45. The number of halogens is 1. The van der Waals surface area contributed by atoms with Gasteiger partial charge in [-0.25, -0.2) is 0 Å². The van der Waals surface area contributed by atoms with Gasteiger partial charge in [0.2, 0.25) is 0 Å². The molecule has 3 heteroatoms. The minimum absolute atomic E-state index is 0.465. The van der Waals surface area contributed by atoms with E-state index in [1.165, 1.54) is 24.9 Å². The molecule has 1 saturated carbocycles. The van der Waals surface area contributed by atoms with Crippen LogP contribution in [0.5, 0.6) is 0 Å². The molecule has 0 radical (unpaired) electrons. The third-order valence-corrected chi connectivity index (χ3v) is 4.54. The van der Waals surface area contributed by atoms with Crippen molar-refractivity contribution < 1.29 is 0 Å². The smallest absolute Gasteiger partial charge is 0.0409 e. The van der Waals surface area contributed by atoms with Gasteiger partial charge in [-0.15, -0.1) is 0 Å². The van der Waals surface area contributed by atoms with Gasteiger partial charge in [0.05, 0.1) is 0 Å². The normalized spacial score (nSPS) is 27.1. The van der Waals surface area contributed by atoms with Gasteiger partial charge in [-0.3, -0.25) is 4.90 Å². The van der Waals surface area contributed by atoms with E-state index in [0.29, 0.717) is 12.1 Å². The molecule has 1 N–H and O–H groups in total. The van der Waals surface area contributed by atoms with Crippen molar-refractivity contribution in [3.05, 3.63) is 34.9 Å². The van der Waals surface area contributed by atoms with Crippen LogP contribution in [0.15, 0.2) is 24.3 Å². The van der Waals surface area contributed by atoms with E-state index in [2.05, 4.69) is 35.3 Å². The van der Waals surface area contributed by atoms with Crippen LogP contribution in [0.1, 0.15) is 31.4 Å². The van der Waals surface area contributed by atoms with Crippen molar-refractivity contribution >= 4 is 11.6 Å². The third-order valence-electron chi connectivity index (χ3n) is 4.31. The molecule has 2 nitrogen and oxygen atoms in total. The second-order valence-electron chi connectivity index (χ2n) is 5.62. The summed E-state index contributed by atoms with van der Waals surface area (Å²) < 4.78 is 0. The number of nitrogens with one attached hydrogen (secondary N) is 1. The van der Waals surface area contributed by atoms with Gasteiger partial charge in [-0.05, 0) is 43.4 Å². The molecule has 1 aromatic rings. The summed E-state index contributed by atoms with van der Waals surface area (Å²) in [5, 5.41) is 4.50. The summed E-state index contributed by atoms with van der Waals surface area (Å²) >= 11 is 6.09. The highest BCUT2D eigenvalue weighted by atomic mass is 35.5. The molecule has 2 fully saturated rings. The first kappa shape index (κ1) is 12.5. The van der Waals surface area contributed by atoms with Crippen molar-refractivity contribution in [3.63, 3.8) is 0 Å². The molecule has 0 bridgehead atoms.